The molecule has 0 nitrogen and oxygen atoms in total. The van der Waals surface area contributed by atoms with Crippen LogP contribution in [-0.4, -0.2) is 18.4 Å². The van der Waals surface area contributed by atoms with Crippen LogP contribution in [0.1, 0.15) is 38.5 Å². The average Bonchev–Trinajstić information content (AvgIpc) is 2.07. The molecule has 0 aromatic rings. The summed E-state index contributed by atoms with van der Waals surface area (Å²) in [7, 11) is 0. The van der Waals surface area contributed by atoms with Crippen molar-refractivity contribution in [1.82, 2.24) is 0 Å². The number of rotatable bonds is 0. The fraction of sp³-hybridized carbons (Fsp3) is 1.00. The molecule has 0 aromatic carbocycles. The van der Waals surface area contributed by atoms with Gasteiger partial charge < -0.3 is 0 Å². The van der Waals surface area contributed by atoms with Gasteiger partial charge in [0.1, 0.15) is 0 Å². The van der Waals surface area contributed by atoms with E-state index in [-0.39, 0.29) is 0 Å². The van der Waals surface area contributed by atoms with Crippen LogP contribution in [0.3, 0.4) is 0 Å². The molecule has 2 fully saturated rings. The van der Waals surface area contributed by atoms with Gasteiger partial charge in [0.05, 0.1) is 0 Å². The van der Waals surface area contributed by atoms with E-state index < -0.39 is 18.4 Å². The third-order valence-electron chi connectivity index (χ3n) is 3.83. The van der Waals surface area contributed by atoms with Crippen molar-refractivity contribution in [2.24, 2.45) is 0 Å². The Kier molecular flexibility index (Phi) is 2.81. The molecule has 11 heavy (non-hydrogen) atoms. The van der Waals surface area contributed by atoms with Gasteiger partial charge in [-0.25, -0.2) is 0 Å². The molecule has 1 heteroatoms. The summed E-state index contributed by atoms with van der Waals surface area (Å²) in [5.41, 5.74) is 0. The first-order valence-electron chi connectivity index (χ1n) is 5.41. The van der Waals surface area contributed by atoms with Crippen molar-refractivity contribution < 1.29 is 0 Å². The van der Waals surface area contributed by atoms with Gasteiger partial charge >= 0.3 is 74.6 Å². The average molecular weight is 259 g/mol. The summed E-state index contributed by atoms with van der Waals surface area (Å²) in [5.74, 6) is 0. The van der Waals surface area contributed by atoms with Crippen LogP contribution in [0, 0.1) is 0 Å². The molecule has 0 saturated carbocycles. The van der Waals surface area contributed by atoms with Crippen molar-refractivity contribution in [3.05, 3.63) is 0 Å². The first-order valence-corrected chi connectivity index (χ1v) is 13.5. The van der Waals surface area contributed by atoms with Crippen molar-refractivity contribution in [3.8, 4) is 0 Å². The zero-order valence-corrected chi connectivity index (χ0v) is 10.4. The minimum atomic E-state index is -1.30. The van der Waals surface area contributed by atoms with E-state index in [2.05, 4.69) is 0 Å². The van der Waals surface area contributed by atoms with Crippen molar-refractivity contribution >= 4 is 18.4 Å². The van der Waals surface area contributed by atoms with E-state index in [1.807, 2.05) is 0 Å². The Labute approximate surface area is 74.6 Å². The Morgan fingerprint density at radius 3 is 1.18 bits per heavy atom. The molecule has 0 N–H and O–H groups in total. The van der Waals surface area contributed by atoms with E-state index in [0.29, 0.717) is 0 Å². The molecule has 64 valence electrons. The van der Waals surface area contributed by atoms with Crippen LogP contribution >= 0.6 is 0 Å². The second-order valence-corrected chi connectivity index (χ2v) is 18.9. The van der Waals surface area contributed by atoms with Crippen LogP contribution in [0.25, 0.3) is 0 Å². The van der Waals surface area contributed by atoms with Gasteiger partial charge in [0.15, 0.2) is 0 Å². The van der Waals surface area contributed by atoms with Crippen LogP contribution in [0.5, 0.6) is 0 Å². The summed E-state index contributed by atoms with van der Waals surface area (Å²) in [6.07, 6.45) is 9.62. The van der Waals surface area contributed by atoms with Crippen molar-refractivity contribution in [2.75, 3.05) is 0 Å². The molecular formula is C10H20Sn. The second-order valence-electron chi connectivity index (χ2n) is 4.62. The molecule has 2 rings (SSSR count). The molecular weight excluding hydrogens is 239 g/mol. The quantitative estimate of drug-likeness (QED) is 0.580. The summed E-state index contributed by atoms with van der Waals surface area (Å²) < 4.78 is 7.09. The Morgan fingerprint density at radius 2 is 0.818 bits per heavy atom. The van der Waals surface area contributed by atoms with Crippen molar-refractivity contribution in [2.45, 2.75) is 56.3 Å². The number of hydrogen-bond donors (Lipinski definition) is 0. The Morgan fingerprint density at radius 1 is 0.455 bits per heavy atom. The normalized spacial score (nSPS) is 30.5. The fourth-order valence-electron chi connectivity index (χ4n) is 3.10. The van der Waals surface area contributed by atoms with Gasteiger partial charge in [-0.1, -0.05) is 0 Å². The van der Waals surface area contributed by atoms with Gasteiger partial charge in [0.2, 0.25) is 0 Å². The summed E-state index contributed by atoms with van der Waals surface area (Å²) in [6, 6.07) is 0. The zero-order chi connectivity index (χ0) is 7.57. The van der Waals surface area contributed by atoms with E-state index in [1.165, 1.54) is 0 Å². The molecule has 2 aliphatic heterocycles. The van der Waals surface area contributed by atoms with E-state index in [1.54, 1.807) is 56.3 Å². The molecule has 0 radical (unpaired) electrons. The summed E-state index contributed by atoms with van der Waals surface area (Å²) in [6.45, 7) is 0. The summed E-state index contributed by atoms with van der Waals surface area (Å²) in [5, 5.41) is 0. The third-order valence-corrected chi connectivity index (χ3v) is 20.0. The van der Waals surface area contributed by atoms with Gasteiger partial charge in [-0.05, 0) is 0 Å². The molecule has 0 atom stereocenters. The van der Waals surface area contributed by atoms with E-state index in [0.717, 1.165) is 0 Å². The van der Waals surface area contributed by atoms with E-state index in [9.17, 15) is 0 Å². The molecule has 0 unspecified atom stereocenters. The molecule has 1 spiro atoms. The first kappa shape index (κ1) is 8.40. The zero-order valence-electron chi connectivity index (χ0n) is 7.57. The van der Waals surface area contributed by atoms with E-state index >= 15 is 0 Å². The first-order chi connectivity index (χ1) is 5.41. The molecule has 0 amide bonds. The van der Waals surface area contributed by atoms with Crippen molar-refractivity contribution in [1.29, 1.82) is 0 Å². The maximum atomic E-state index is 1.77. The Bertz CT molecular complexity index is 99.3. The molecule has 2 saturated heterocycles. The van der Waals surface area contributed by atoms with Crippen LogP contribution in [0.4, 0.5) is 0 Å². The minimum absolute atomic E-state index is 1.30. The van der Waals surface area contributed by atoms with Crippen molar-refractivity contribution in [3.63, 3.8) is 0 Å². The molecule has 0 aromatic heterocycles. The predicted molar refractivity (Wildman–Crippen MR) is 52.7 cm³/mol. The van der Waals surface area contributed by atoms with Gasteiger partial charge in [-0.2, -0.15) is 0 Å². The van der Waals surface area contributed by atoms with Gasteiger partial charge in [-0.3, -0.25) is 0 Å². The van der Waals surface area contributed by atoms with E-state index in [4.69, 9.17) is 0 Å². The third kappa shape index (κ3) is 1.93. The monoisotopic (exact) mass is 260 g/mol. The van der Waals surface area contributed by atoms with Crippen LogP contribution in [-0.2, 0) is 0 Å². The van der Waals surface area contributed by atoms with Gasteiger partial charge in [-0.15, -0.1) is 0 Å². The van der Waals surface area contributed by atoms with Crippen LogP contribution < -0.4 is 0 Å². The molecule has 0 bridgehead atoms. The standard InChI is InChI=1S/2C5H10.Sn/c2*1-3-5-4-2;/h2*1-5H2;. The van der Waals surface area contributed by atoms with Crippen LogP contribution in [0.15, 0.2) is 0 Å². The van der Waals surface area contributed by atoms with Gasteiger partial charge in [0, 0.05) is 0 Å². The summed E-state index contributed by atoms with van der Waals surface area (Å²) in [4.78, 5) is 0. The van der Waals surface area contributed by atoms with Gasteiger partial charge in [0.25, 0.3) is 0 Å². The van der Waals surface area contributed by atoms with Crippen LogP contribution in [0.2, 0.25) is 17.7 Å². The SMILES string of the molecule is C1C[CH2][Sn]2([CH2]C1)[CH2]CCC[CH2]2. The second kappa shape index (κ2) is 3.67. The Balaban J connectivity index is 1.94. The molecule has 2 aliphatic rings. The molecule has 0 aliphatic carbocycles. The number of hydrogen-bond acceptors (Lipinski definition) is 0. The topological polar surface area (TPSA) is 0 Å². The maximum absolute atomic E-state index is 1.77. The fourth-order valence-corrected chi connectivity index (χ4v) is 18.8. The Hall–Kier alpha value is 0.799. The summed E-state index contributed by atoms with van der Waals surface area (Å²) >= 11 is -1.30. The molecule has 2 heterocycles. The predicted octanol–water partition coefficient (Wildman–Crippen LogP) is 3.80.